The van der Waals surface area contributed by atoms with Gasteiger partial charge < -0.3 is 10.2 Å². The highest BCUT2D eigenvalue weighted by Gasteiger charge is 1.67. The monoisotopic (exact) mass is 186 g/mol. The molecular formula is C12H10O2. The number of aliphatic hydroxyl groups excluding tert-OH is 2. The van der Waals surface area contributed by atoms with Gasteiger partial charge in [0.05, 0.1) is 13.2 Å². The molecule has 2 nitrogen and oxygen atoms in total. The molecule has 0 rings (SSSR count). The fraction of sp³-hybridized carbons (Fsp3) is 0.333. The van der Waals surface area contributed by atoms with Gasteiger partial charge in [0.15, 0.2) is 0 Å². The Balaban J connectivity index is 3.82. The fourth-order valence-electron chi connectivity index (χ4n) is 0.450. The zero-order chi connectivity index (χ0) is 10.5. The van der Waals surface area contributed by atoms with Crippen molar-refractivity contribution in [3.63, 3.8) is 0 Å². The molecule has 2 heteroatoms. The van der Waals surface area contributed by atoms with E-state index in [0.29, 0.717) is 12.8 Å². The normalized spacial score (nSPS) is 6.14. The Kier molecular flexibility index (Phi) is 9.69. The molecule has 70 valence electrons. The van der Waals surface area contributed by atoms with Gasteiger partial charge in [0.1, 0.15) is 0 Å². The van der Waals surface area contributed by atoms with Crippen molar-refractivity contribution in [2.75, 3.05) is 13.2 Å². The molecule has 0 aromatic rings. The Labute approximate surface area is 84.3 Å². The Morgan fingerprint density at radius 2 is 0.929 bits per heavy atom. The number of rotatable bonds is 2. The first-order valence-corrected chi connectivity index (χ1v) is 4.09. The van der Waals surface area contributed by atoms with E-state index >= 15 is 0 Å². The van der Waals surface area contributed by atoms with E-state index in [2.05, 4.69) is 47.4 Å². The van der Waals surface area contributed by atoms with Crippen LogP contribution in [0.25, 0.3) is 0 Å². The van der Waals surface area contributed by atoms with Crippen molar-refractivity contribution in [2.24, 2.45) is 0 Å². The summed E-state index contributed by atoms with van der Waals surface area (Å²) in [5.41, 5.74) is 0. The van der Waals surface area contributed by atoms with Gasteiger partial charge >= 0.3 is 0 Å². The first kappa shape index (κ1) is 12.2. The van der Waals surface area contributed by atoms with Gasteiger partial charge in [-0.3, -0.25) is 0 Å². The molecule has 0 aromatic heterocycles. The third-order valence-electron chi connectivity index (χ3n) is 0.963. The van der Waals surface area contributed by atoms with Gasteiger partial charge in [-0.25, -0.2) is 0 Å². The van der Waals surface area contributed by atoms with E-state index in [1.54, 1.807) is 0 Å². The Morgan fingerprint density at radius 1 is 0.571 bits per heavy atom. The average Bonchev–Trinajstić information content (AvgIpc) is 2.21. The highest BCUT2D eigenvalue weighted by atomic mass is 16.3. The van der Waals surface area contributed by atoms with Crippen LogP contribution in [0, 0.1) is 47.4 Å². The van der Waals surface area contributed by atoms with Crippen LogP contribution in [0.5, 0.6) is 0 Å². The molecule has 0 atom stereocenters. The number of hydrogen-bond acceptors (Lipinski definition) is 2. The van der Waals surface area contributed by atoms with Crippen LogP contribution in [0.15, 0.2) is 0 Å². The molecule has 0 heterocycles. The van der Waals surface area contributed by atoms with Crippen molar-refractivity contribution in [2.45, 2.75) is 12.8 Å². The number of aliphatic hydroxyl groups is 2. The van der Waals surface area contributed by atoms with Crippen LogP contribution in [0.2, 0.25) is 0 Å². The molecule has 0 aliphatic rings. The van der Waals surface area contributed by atoms with Crippen LogP contribution < -0.4 is 0 Å². The molecule has 0 aromatic carbocycles. The molecule has 0 amide bonds. The van der Waals surface area contributed by atoms with Gasteiger partial charge in [-0.05, 0) is 35.5 Å². The third-order valence-corrected chi connectivity index (χ3v) is 0.963. The van der Waals surface area contributed by atoms with Crippen molar-refractivity contribution >= 4 is 0 Å². The Hall–Kier alpha value is -1.84. The molecule has 0 aliphatic carbocycles. The summed E-state index contributed by atoms with van der Waals surface area (Å²) >= 11 is 0. The Bertz CT molecular complexity index is 337. The van der Waals surface area contributed by atoms with Crippen molar-refractivity contribution in [1.29, 1.82) is 0 Å². The Morgan fingerprint density at radius 3 is 1.29 bits per heavy atom. The summed E-state index contributed by atoms with van der Waals surface area (Å²) < 4.78 is 0. The van der Waals surface area contributed by atoms with Crippen molar-refractivity contribution in [1.82, 2.24) is 0 Å². The minimum Gasteiger partial charge on any atom is -0.395 e. The van der Waals surface area contributed by atoms with E-state index in [1.165, 1.54) is 0 Å². The molecule has 0 unspecified atom stereocenters. The molecule has 0 saturated heterocycles. The topological polar surface area (TPSA) is 40.5 Å². The molecular weight excluding hydrogens is 176 g/mol. The van der Waals surface area contributed by atoms with Crippen molar-refractivity contribution in [3.8, 4) is 47.4 Å². The largest absolute Gasteiger partial charge is 0.395 e. The van der Waals surface area contributed by atoms with Crippen LogP contribution >= 0.6 is 0 Å². The van der Waals surface area contributed by atoms with Gasteiger partial charge in [-0.2, -0.15) is 0 Å². The quantitative estimate of drug-likeness (QED) is 0.585. The van der Waals surface area contributed by atoms with Crippen LogP contribution in [-0.4, -0.2) is 23.4 Å². The molecule has 0 fully saturated rings. The van der Waals surface area contributed by atoms with Gasteiger partial charge in [0.2, 0.25) is 0 Å². The minimum absolute atomic E-state index is 0.0486. The lowest BCUT2D eigenvalue weighted by Gasteiger charge is -1.72. The summed E-state index contributed by atoms with van der Waals surface area (Å²) in [6, 6.07) is 0. The average molecular weight is 186 g/mol. The molecule has 0 bridgehead atoms. The molecule has 14 heavy (non-hydrogen) atoms. The summed E-state index contributed by atoms with van der Waals surface area (Å²) in [4.78, 5) is 0. The molecule has 0 spiro atoms. The lowest BCUT2D eigenvalue weighted by Crippen LogP contribution is -1.74. The van der Waals surface area contributed by atoms with Gasteiger partial charge in [0.25, 0.3) is 0 Å². The van der Waals surface area contributed by atoms with Gasteiger partial charge in [-0.15, -0.1) is 0 Å². The van der Waals surface area contributed by atoms with Crippen molar-refractivity contribution < 1.29 is 10.2 Å². The lowest BCUT2D eigenvalue weighted by molar-refractivity contribution is 0.304. The van der Waals surface area contributed by atoms with E-state index in [-0.39, 0.29) is 13.2 Å². The minimum atomic E-state index is 0.0486. The second-order valence-electron chi connectivity index (χ2n) is 2.05. The summed E-state index contributed by atoms with van der Waals surface area (Å²) in [6.07, 6.45) is 0.858. The maximum Gasteiger partial charge on any atom is 0.0540 e. The predicted octanol–water partition coefficient (Wildman–Crippen LogP) is -0.235. The van der Waals surface area contributed by atoms with Crippen LogP contribution in [0.3, 0.4) is 0 Å². The van der Waals surface area contributed by atoms with E-state index in [1.807, 2.05) is 0 Å². The molecule has 0 radical (unpaired) electrons. The molecule has 0 aliphatic heterocycles. The van der Waals surface area contributed by atoms with Crippen molar-refractivity contribution in [3.05, 3.63) is 0 Å². The van der Waals surface area contributed by atoms with Crippen LogP contribution in [0.4, 0.5) is 0 Å². The van der Waals surface area contributed by atoms with Gasteiger partial charge in [-0.1, -0.05) is 11.8 Å². The summed E-state index contributed by atoms with van der Waals surface area (Å²) in [5.74, 6) is 20.3. The zero-order valence-corrected chi connectivity index (χ0v) is 7.72. The lowest BCUT2D eigenvalue weighted by atomic mass is 10.4. The van der Waals surface area contributed by atoms with Crippen LogP contribution in [0.1, 0.15) is 12.8 Å². The molecule has 2 N–H and O–H groups in total. The van der Waals surface area contributed by atoms with E-state index in [9.17, 15) is 0 Å². The maximum absolute atomic E-state index is 8.37. The second-order valence-corrected chi connectivity index (χ2v) is 2.05. The number of hydrogen-bond donors (Lipinski definition) is 2. The third kappa shape index (κ3) is 10.2. The maximum atomic E-state index is 8.37. The highest BCUT2D eigenvalue weighted by Crippen LogP contribution is 1.68. The SMILES string of the molecule is OCCC#CC#CC#CC#CCCO. The van der Waals surface area contributed by atoms with Gasteiger partial charge in [0, 0.05) is 12.8 Å². The fourth-order valence-corrected chi connectivity index (χ4v) is 0.450. The summed E-state index contributed by atoms with van der Waals surface area (Å²) in [6.45, 7) is 0.0972. The van der Waals surface area contributed by atoms with Crippen LogP contribution in [-0.2, 0) is 0 Å². The second kappa shape index (κ2) is 11.2. The van der Waals surface area contributed by atoms with E-state index < -0.39 is 0 Å². The van der Waals surface area contributed by atoms with E-state index in [0.717, 1.165) is 0 Å². The smallest absolute Gasteiger partial charge is 0.0540 e. The summed E-state index contributed by atoms with van der Waals surface area (Å²) in [5, 5.41) is 16.7. The van der Waals surface area contributed by atoms with E-state index in [4.69, 9.17) is 10.2 Å². The first-order valence-electron chi connectivity index (χ1n) is 4.09. The standard InChI is InChI=1S/C12H10O2/c13-11-9-7-5-3-1-2-4-6-8-10-12-14/h13-14H,9-12H2. The zero-order valence-electron chi connectivity index (χ0n) is 7.72. The predicted molar refractivity (Wildman–Crippen MR) is 54.5 cm³/mol. The summed E-state index contributed by atoms with van der Waals surface area (Å²) in [7, 11) is 0. The first-order chi connectivity index (χ1) is 6.91. The highest BCUT2D eigenvalue weighted by molar-refractivity contribution is 5.39. The molecule has 0 saturated carbocycles.